The molecule has 0 atom stereocenters. The minimum atomic E-state index is -0.450. The van der Waals surface area contributed by atoms with E-state index in [4.69, 9.17) is 21.1 Å². The Bertz CT molecular complexity index is 715. The van der Waals surface area contributed by atoms with Gasteiger partial charge in [-0.25, -0.2) is 0 Å². The van der Waals surface area contributed by atoms with Gasteiger partial charge in [-0.1, -0.05) is 17.7 Å². The van der Waals surface area contributed by atoms with Gasteiger partial charge in [0, 0.05) is 17.5 Å². The molecule has 1 N–H and O–H groups in total. The summed E-state index contributed by atoms with van der Waals surface area (Å²) in [6, 6.07) is 11.2. The molecule has 0 radical (unpaired) electrons. The van der Waals surface area contributed by atoms with Crippen LogP contribution in [0.2, 0.25) is 5.02 Å². The van der Waals surface area contributed by atoms with Crippen LogP contribution in [0.5, 0.6) is 11.5 Å². The third-order valence-corrected chi connectivity index (χ3v) is 3.00. The molecule has 0 aliphatic carbocycles. The Balaban J connectivity index is 2.22. The zero-order chi connectivity index (χ0) is 16.1. The fraction of sp³-hybridized carbons (Fsp3) is 0.125. The molecule has 1 amide bonds. The summed E-state index contributed by atoms with van der Waals surface area (Å²) in [5, 5.41) is 3.19. The molecule has 0 saturated heterocycles. The number of benzene rings is 2. The van der Waals surface area contributed by atoms with E-state index in [2.05, 4.69) is 5.32 Å². The van der Waals surface area contributed by atoms with Crippen molar-refractivity contribution in [3.05, 3.63) is 53.1 Å². The van der Waals surface area contributed by atoms with Crippen LogP contribution in [-0.2, 0) is 4.79 Å². The normalized spacial score (nSPS) is 9.95. The zero-order valence-corrected chi connectivity index (χ0v) is 12.8. The number of esters is 1. The van der Waals surface area contributed by atoms with E-state index in [1.54, 1.807) is 36.4 Å². The molecule has 22 heavy (non-hydrogen) atoms. The first-order valence-corrected chi connectivity index (χ1v) is 6.81. The van der Waals surface area contributed by atoms with E-state index in [-0.39, 0.29) is 5.91 Å². The summed E-state index contributed by atoms with van der Waals surface area (Å²) < 4.78 is 10.1. The average molecular weight is 320 g/mol. The van der Waals surface area contributed by atoms with Gasteiger partial charge >= 0.3 is 5.97 Å². The van der Waals surface area contributed by atoms with Gasteiger partial charge in [0.1, 0.15) is 11.5 Å². The third kappa shape index (κ3) is 3.99. The van der Waals surface area contributed by atoms with Crippen molar-refractivity contribution < 1.29 is 19.1 Å². The van der Waals surface area contributed by atoms with E-state index in [0.717, 1.165) is 0 Å². The number of nitrogens with one attached hydrogen (secondary N) is 1. The van der Waals surface area contributed by atoms with Gasteiger partial charge in [-0.2, -0.15) is 0 Å². The van der Waals surface area contributed by atoms with E-state index in [1.165, 1.54) is 20.1 Å². The van der Waals surface area contributed by atoms with Gasteiger partial charge in [-0.05, 0) is 36.4 Å². The second-order valence-electron chi connectivity index (χ2n) is 4.42. The lowest BCUT2D eigenvalue weighted by molar-refractivity contribution is -0.131. The molecule has 6 heteroatoms. The number of rotatable bonds is 4. The Labute approximate surface area is 132 Å². The summed E-state index contributed by atoms with van der Waals surface area (Å²) in [5.74, 6) is -0.0178. The van der Waals surface area contributed by atoms with Crippen molar-refractivity contribution in [1.29, 1.82) is 0 Å². The number of anilines is 1. The molecular formula is C16H14ClNO4. The highest BCUT2D eigenvalue weighted by Crippen LogP contribution is 2.28. The van der Waals surface area contributed by atoms with Crippen molar-refractivity contribution in [3.63, 3.8) is 0 Å². The van der Waals surface area contributed by atoms with E-state index in [0.29, 0.717) is 27.8 Å². The number of ether oxygens (including phenoxy) is 2. The van der Waals surface area contributed by atoms with Crippen LogP contribution in [-0.4, -0.2) is 19.0 Å². The lowest BCUT2D eigenvalue weighted by Gasteiger charge is -2.11. The molecule has 0 spiro atoms. The quantitative estimate of drug-likeness (QED) is 0.691. The van der Waals surface area contributed by atoms with Gasteiger partial charge in [0.25, 0.3) is 5.91 Å². The van der Waals surface area contributed by atoms with E-state index in [9.17, 15) is 9.59 Å². The molecular weight excluding hydrogens is 306 g/mol. The standard InChI is InChI=1S/C16H14ClNO4/c1-10(19)22-13-5-3-4-11(8-13)16(20)18-14-9-12(17)6-7-15(14)21-2/h3-9H,1-2H3,(H,18,20). The minimum Gasteiger partial charge on any atom is -0.495 e. The first kappa shape index (κ1) is 15.9. The molecule has 0 aliphatic heterocycles. The monoisotopic (exact) mass is 319 g/mol. The summed E-state index contributed by atoms with van der Waals surface area (Å²) in [5.41, 5.74) is 0.804. The maximum Gasteiger partial charge on any atom is 0.308 e. The van der Waals surface area contributed by atoms with Gasteiger partial charge in [0.15, 0.2) is 0 Å². The number of amides is 1. The summed E-state index contributed by atoms with van der Waals surface area (Å²) >= 11 is 5.92. The first-order valence-electron chi connectivity index (χ1n) is 6.43. The second kappa shape index (κ2) is 6.95. The Hall–Kier alpha value is -2.53. The van der Waals surface area contributed by atoms with Crippen molar-refractivity contribution in [2.24, 2.45) is 0 Å². The maximum absolute atomic E-state index is 12.3. The molecule has 0 fully saturated rings. The van der Waals surface area contributed by atoms with Crippen LogP contribution in [0.15, 0.2) is 42.5 Å². The Kier molecular flexibility index (Phi) is 5.01. The molecule has 0 aromatic heterocycles. The first-order chi connectivity index (χ1) is 10.5. The molecule has 0 unspecified atom stereocenters. The largest absolute Gasteiger partial charge is 0.495 e. The van der Waals surface area contributed by atoms with Gasteiger partial charge in [0.2, 0.25) is 0 Å². The predicted octanol–water partition coefficient (Wildman–Crippen LogP) is 3.53. The molecule has 114 valence electrons. The molecule has 0 heterocycles. The van der Waals surface area contributed by atoms with E-state index in [1.807, 2.05) is 0 Å². The van der Waals surface area contributed by atoms with Crippen molar-refractivity contribution in [3.8, 4) is 11.5 Å². The highest BCUT2D eigenvalue weighted by molar-refractivity contribution is 6.31. The average Bonchev–Trinajstić information content (AvgIpc) is 2.47. The zero-order valence-electron chi connectivity index (χ0n) is 12.1. The highest BCUT2D eigenvalue weighted by Gasteiger charge is 2.11. The minimum absolute atomic E-state index is 0.304. The van der Waals surface area contributed by atoms with Crippen molar-refractivity contribution in [2.45, 2.75) is 6.92 Å². The van der Waals surface area contributed by atoms with Crippen LogP contribution in [0.1, 0.15) is 17.3 Å². The number of methoxy groups -OCH3 is 1. The van der Waals surface area contributed by atoms with Crippen molar-refractivity contribution >= 4 is 29.2 Å². The molecule has 2 rings (SSSR count). The molecule has 0 saturated carbocycles. The third-order valence-electron chi connectivity index (χ3n) is 2.77. The molecule has 5 nitrogen and oxygen atoms in total. The molecule has 2 aromatic carbocycles. The number of hydrogen-bond donors (Lipinski definition) is 1. The molecule has 2 aromatic rings. The van der Waals surface area contributed by atoms with Crippen molar-refractivity contribution in [1.82, 2.24) is 0 Å². The van der Waals surface area contributed by atoms with Crippen LogP contribution < -0.4 is 14.8 Å². The predicted molar refractivity (Wildman–Crippen MR) is 83.7 cm³/mol. The van der Waals surface area contributed by atoms with Crippen LogP contribution in [0, 0.1) is 0 Å². The van der Waals surface area contributed by atoms with Crippen LogP contribution in [0.3, 0.4) is 0 Å². The highest BCUT2D eigenvalue weighted by atomic mass is 35.5. The second-order valence-corrected chi connectivity index (χ2v) is 4.86. The number of carbonyl (C=O) groups excluding carboxylic acids is 2. The number of hydrogen-bond acceptors (Lipinski definition) is 4. The number of carbonyl (C=O) groups is 2. The topological polar surface area (TPSA) is 64.6 Å². The SMILES string of the molecule is COc1ccc(Cl)cc1NC(=O)c1cccc(OC(C)=O)c1. The van der Waals surface area contributed by atoms with Gasteiger partial charge < -0.3 is 14.8 Å². The van der Waals surface area contributed by atoms with Crippen molar-refractivity contribution in [2.75, 3.05) is 12.4 Å². The smallest absolute Gasteiger partial charge is 0.308 e. The molecule has 0 bridgehead atoms. The van der Waals surface area contributed by atoms with E-state index < -0.39 is 5.97 Å². The lowest BCUT2D eigenvalue weighted by Crippen LogP contribution is -2.13. The lowest BCUT2D eigenvalue weighted by atomic mass is 10.2. The van der Waals surface area contributed by atoms with Gasteiger partial charge in [-0.3, -0.25) is 9.59 Å². The fourth-order valence-corrected chi connectivity index (χ4v) is 2.01. The molecule has 0 aliphatic rings. The summed E-state index contributed by atoms with van der Waals surface area (Å²) in [6.45, 7) is 1.30. The Morgan fingerprint density at radius 3 is 2.59 bits per heavy atom. The Morgan fingerprint density at radius 2 is 1.91 bits per heavy atom. The number of halogens is 1. The summed E-state index contributed by atoms with van der Waals surface area (Å²) in [4.78, 5) is 23.2. The van der Waals surface area contributed by atoms with E-state index >= 15 is 0 Å². The maximum atomic E-state index is 12.3. The van der Waals surface area contributed by atoms with Gasteiger partial charge in [-0.15, -0.1) is 0 Å². The summed E-state index contributed by atoms with van der Waals surface area (Å²) in [6.07, 6.45) is 0. The Morgan fingerprint density at radius 1 is 1.14 bits per heavy atom. The fourth-order valence-electron chi connectivity index (χ4n) is 1.84. The van der Waals surface area contributed by atoms with Gasteiger partial charge in [0.05, 0.1) is 12.8 Å². The van der Waals surface area contributed by atoms with Crippen LogP contribution in [0.4, 0.5) is 5.69 Å². The summed E-state index contributed by atoms with van der Waals surface area (Å²) in [7, 11) is 1.50. The van der Waals surface area contributed by atoms with Crippen LogP contribution >= 0.6 is 11.6 Å². The van der Waals surface area contributed by atoms with Crippen LogP contribution in [0.25, 0.3) is 0 Å².